The molecule has 2 N–H and O–H groups in total. The highest BCUT2D eigenvalue weighted by molar-refractivity contribution is 6.32. The van der Waals surface area contributed by atoms with Gasteiger partial charge in [-0.05, 0) is 18.2 Å². The normalized spacial score (nSPS) is 10.0. The Labute approximate surface area is 114 Å². The van der Waals surface area contributed by atoms with Gasteiger partial charge in [-0.25, -0.2) is 14.8 Å². The highest BCUT2D eigenvalue weighted by Crippen LogP contribution is 2.28. The molecule has 1 aromatic carbocycles. The number of aromatic carboxylic acids is 1. The van der Waals surface area contributed by atoms with Gasteiger partial charge in [-0.1, -0.05) is 11.6 Å². The lowest BCUT2D eigenvalue weighted by Gasteiger charge is -2.08. The van der Waals surface area contributed by atoms with E-state index < -0.39 is 5.97 Å². The van der Waals surface area contributed by atoms with E-state index in [1.54, 1.807) is 18.2 Å². The lowest BCUT2D eigenvalue weighted by atomic mass is 10.3. The van der Waals surface area contributed by atoms with E-state index in [1.807, 2.05) is 0 Å². The fourth-order valence-electron chi connectivity index (χ4n) is 1.40. The first-order valence-electron chi connectivity index (χ1n) is 5.26. The van der Waals surface area contributed by atoms with Crippen molar-refractivity contribution < 1.29 is 14.6 Å². The second kappa shape index (κ2) is 5.53. The molecule has 19 heavy (non-hydrogen) atoms. The molecule has 7 heteroatoms. The number of carboxylic acids is 1. The van der Waals surface area contributed by atoms with Crippen LogP contribution < -0.4 is 10.1 Å². The van der Waals surface area contributed by atoms with Crippen molar-refractivity contribution in [3.05, 3.63) is 41.3 Å². The minimum Gasteiger partial charge on any atom is -0.495 e. The van der Waals surface area contributed by atoms with Crippen LogP contribution in [0.15, 0.2) is 30.6 Å². The maximum atomic E-state index is 10.6. The number of aromatic nitrogens is 2. The number of hydrogen-bond acceptors (Lipinski definition) is 5. The third-order valence-electron chi connectivity index (χ3n) is 2.30. The highest BCUT2D eigenvalue weighted by atomic mass is 35.5. The van der Waals surface area contributed by atoms with E-state index in [1.165, 1.54) is 19.5 Å². The molecular weight excluding hydrogens is 270 g/mol. The number of nitrogens with zero attached hydrogens (tertiary/aromatic N) is 2. The summed E-state index contributed by atoms with van der Waals surface area (Å²) in [6.45, 7) is 0. The first kappa shape index (κ1) is 13.1. The summed E-state index contributed by atoms with van der Waals surface area (Å²) in [6.07, 6.45) is 2.51. The van der Waals surface area contributed by atoms with Crippen LogP contribution in [0.3, 0.4) is 0 Å². The molecule has 0 saturated carbocycles. The Morgan fingerprint density at radius 3 is 2.68 bits per heavy atom. The summed E-state index contributed by atoms with van der Waals surface area (Å²) in [6, 6.07) is 5.15. The van der Waals surface area contributed by atoms with Gasteiger partial charge in [0.2, 0.25) is 0 Å². The van der Waals surface area contributed by atoms with Crippen LogP contribution in [-0.4, -0.2) is 28.2 Å². The number of halogens is 1. The van der Waals surface area contributed by atoms with E-state index in [-0.39, 0.29) is 5.69 Å². The van der Waals surface area contributed by atoms with Crippen LogP contribution in [0.5, 0.6) is 5.75 Å². The number of hydrogen-bond donors (Lipinski definition) is 2. The average Bonchev–Trinajstić information content (AvgIpc) is 2.39. The van der Waals surface area contributed by atoms with Gasteiger partial charge in [0.1, 0.15) is 11.6 Å². The summed E-state index contributed by atoms with van der Waals surface area (Å²) in [5, 5.41) is 12.1. The van der Waals surface area contributed by atoms with E-state index in [9.17, 15) is 4.79 Å². The van der Waals surface area contributed by atoms with Gasteiger partial charge in [0.25, 0.3) is 0 Å². The van der Waals surface area contributed by atoms with E-state index in [2.05, 4.69) is 15.3 Å². The molecule has 0 radical (unpaired) electrons. The Kier molecular flexibility index (Phi) is 3.82. The minimum atomic E-state index is -1.12. The molecule has 0 aliphatic rings. The van der Waals surface area contributed by atoms with Crippen LogP contribution in [0.25, 0.3) is 0 Å². The Balaban J connectivity index is 2.16. The van der Waals surface area contributed by atoms with Crippen LogP contribution in [0, 0.1) is 0 Å². The van der Waals surface area contributed by atoms with Crippen LogP contribution in [0.4, 0.5) is 11.5 Å². The second-order valence-corrected chi connectivity index (χ2v) is 3.97. The minimum absolute atomic E-state index is 0.113. The molecule has 0 saturated heterocycles. The van der Waals surface area contributed by atoms with E-state index >= 15 is 0 Å². The summed E-state index contributed by atoms with van der Waals surface area (Å²) in [5.41, 5.74) is 0.585. The molecule has 0 fully saturated rings. The topological polar surface area (TPSA) is 84.3 Å². The molecule has 0 spiro atoms. The van der Waals surface area contributed by atoms with Crippen molar-refractivity contribution in [2.45, 2.75) is 0 Å². The Bertz CT molecular complexity index is 602. The van der Waals surface area contributed by atoms with Crippen LogP contribution in [0.2, 0.25) is 5.02 Å². The fraction of sp³-hybridized carbons (Fsp3) is 0.0833. The molecule has 0 bridgehead atoms. The van der Waals surface area contributed by atoms with Crippen molar-refractivity contribution in [3.8, 4) is 5.75 Å². The van der Waals surface area contributed by atoms with Gasteiger partial charge in [0.15, 0.2) is 5.69 Å². The molecule has 2 aromatic rings. The Morgan fingerprint density at radius 1 is 1.37 bits per heavy atom. The molecule has 6 nitrogen and oxygen atoms in total. The highest BCUT2D eigenvalue weighted by Gasteiger charge is 2.06. The predicted molar refractivity (Wildman–Crippen MR) is 70.3 cm³/mol. The van der Waals surface area contributed by atoms with E-state index in [0.717, 1.165) is 0 Å². The number of benzene rings is 1. The molecule has 1 heterocycles. The number of methoxy groups -OCH3 is 1. The summed E-state index contributed by atoms with van der Waals surface area (Å²) in [7, 11) is 1.53. The molecule has 0 aliphatic heterocycles. The number of nitrogens with one attached hydrogen (secondary N) is 1. The lowest BCUT2D eigenvalue weighted by Crippen LogP contribution is -2.02. The lowest BCUT2D eigenvalue weighted by molar-refractivity contribution is 0.0690. The van der Waals surface area contributed by atoms with Gasteiger partial charge in [-0.3, -0.25) is 0 Å². The van der Waals surface area contributed by atoms with Crippen molar-refractivity contribution >= 4 is 29.1 Å². The number of ether oxygens (including phenoxy) is 1. The quantitative estimate of drug-likeness (QED) is 0.895. The maximum Gasteiger partial charge on any atom is 0.356 e. The van der Waals surface area contributed by atoms with Gasteiger partial charge in [-0.2, -0.15) is 0 Å². The first-order chi connectivity index (χ1) is 9.10. The first-order valence-corrected chi connectivity index (χ1v) is 5.64. The fourth-order valence-corrected chi connectivity index (χ4v) is 1.65. The number of rotatable bonds is 4. The number of carboxylic acid groups (broad SMARTS) is 1. The molecule has 0 atom stereocenters. The summed E-state index contributed by atoms with van der Waals surface area (Å²) in [4.78, 5) is 18.3. The SMILES string of the molecule is COc1ccc(Nc2cnc(C(=O)O)cn2)cc1Cl. The van der Waals surface area contributed by atoms with Crippen molar-refractivity contribution in [1.29, 1.82) is 0 Å². The van der Waals surface area contributed by atoms with Gasteiger partial charge in [0.05, 0.1) is 24.5 Å². The van der Waals surface area contributed by atoms with Gasteiger partial charge in [0, 0.05) is 5.69 Å². The van der Waals surface area contributed by atoms with Crippen LogP contribution >= 0.6 is 11.6 Å². The monoisotopic (exact) mass is 279 g/mol. The third kappa shape index (κ3) is 3.11. The van der Waals surface area contributed by atoms with Crippen LogP contribution in [0.1, 0.15) is 10.5 Å². The van der Waals surface area contributed by atoms with Crippen molar-refractivity contribution in [2.24, 2.45) is 0 Å². The summed E-state index contributed by atoms with van der Waals surface area (Å²) < 4.78 is 5.04. The second-order valence-electron chi connectivity index (χ2n) is 3.57. The maximum absolute atomic E-state index is 10.6. The molecule has 0 amide bonds. The molecule has 0 aliphatic carbocycles. The zero-order chi connectivity index (χ0) is 13.8. The Hall–Kier alpha value is -2.34. The largest absolute Gasteiger partial charge is 0.495 e. The van der Waals surface area contributed by atoms with E-state index in [4.69, 9.17) is 21.4 Å². The van der Waals surface area contributed by atoms with Gasteiger partial charge < -0.3 is 15.2 Å². The van der Waals surface area contributed by atoms with Crippen molar-refractivity contribution in [1.82, 2.24) is 9.97 Å². The number of carbonyl (C=O) groups is 1. The zero-order valence-electron chi connectivity index (χ0n) is 9.92. The molecule has 1 aromatic heterocycles. The molecular formula is C12H10ClN3O3. The zero-order valence-corrected chi connectivity index (χ0v) is 10.7. The van der Waals surface area contributed by atoms with Crippen LogP contribution in [-0.2, 0) is 0 Å². The molecule has 0 unspecified atom stereocenters. The average molecular weight is 280 g/mol. The van der Waals surface area contributed by atoms with Gasteiger partial charge in [-0.15, -0.1) is 0 Å². The number of anilines is 2. The summed E-state index contributed by atoms with van der Waals surface area (Å²) >= 11 is 5.98. The van der Waals surface area contributed by atoms with Crippen molar-refractivity contribution in [2.75, 3.05) is 12.4 Å². The van der Waals surface area contributed by atoms with E-state index in [0.29, 0.717) is 22.3 Å². The molecule has 2 rings (SSSR count). The standard InChI is InChI=1S/C12H10ClN3O3/c1-19-10-3-2-7(4-8(10)13)16-11-6-14-9(5-15-11)12(17)18/h2-6H,1H3,(H,15,16)(H,17,18). The van der Waals surface area contributed by atoms with Crippen molar-refractivity contribution in [3.63, 3.8) is 0 Å². The third-order valence-corrected chi connectivity index (χ3v) is 2.59. The smallest absolute Gasteiger partial charge is 0.356 e. The summed E-state index contributed by atoms with van der Waals surface area (Å²) in [5.74, 6) is -0.127. The predicted octanol–water partition coefficient (Wildman–Crippen LogP) is 2.58. The molecule has 98 valence electrons. The van der Waals surface area contributed by atoms with Gasteiger partial charge >= 0.3 is 5.97 Å². The Morgan fingerprint density at radius 2 is 2.16 bits per heavy atom.